The van der Waals surface area contributed by atoms with Crippen LogP contribution in [0.5, 0.6) is 0 Å². The Bertz CT molecular complexity index is 1250. The maximum absolute atomic E-state index is 12.9. The first-order valence-corrected chi connectivity index (χ1v) is 11.6. The Balaban J connectivity index is 1.32. The van der Waals surface area contributed by atoms with Crippen LogP contribution in [0.3, 0.4) is 0 Å². The maximum Gasteiger partial charge on any atom is 0.258 e. The fraction of sp³-hybridized carbons (Fsp3) is 0.421. The fourth-order valence-corrected chi connectivity index (χ4v) is 6.47. The summed E-state index contributed by atoms with van der Waals surface area (Å²) >= 11 is 6.09. The summed E-state index contributed by atoms with van der Waals surface area (Å²) in [5.74, 6) is 0.577. The van der Waals surface area contributed by atoms with Crippen molar-refractivity contribution in [3.8, 4) is 0 Å². The van der Waals surface area contributed by atoms with E-state index in [-0.39, 0.29) is 15.3 Å². The second kappa shape index (κ2) is 7.35. The summed E-state index contributed by atoms with van der Waals surface area (Å²) < 4.78 is 54.0. The number of halogens is 3. The van der Waals surface area contributed by atoms with Crippen LogP contribution < -0.4 is 4.90 Å². The minimum absolute atomic E-state index is 0.116. The molecule has 0 saturated carbocycles. The molecule has 164 valence electrons. The Hall–Kier alpha value is -2.37. The van der Waals surface area contributed by atoms with E-state index in [0.717, 1.165) is 11.1 Å². The SMILES string of the molecule is O=S(=O)(c1ccccc1Cl)N1CC2(CCN(c3cnc4cnn(CC(F)F)c4n3)C2)C1. The molecule has 2 fully saturated rings. The Morgan fingerprint density at radius 2 is 1.94 bits per heavy atom. The average molecular weight is 469 g/mol. The van der Waals surface area contributed by atoms with Gasteiger partial charge < -0.3 is 4.90 Å². The molecule has 0 N–H and O–H groups in total. The van der Waals surface area contributed by atoms with E-state index in [0.29, 0.717) is 43.2 Å². The molecular weight excluding hydrogens is 450 g/mol. The second-order valence-corrected chi connectivity index (χ2v) is 10.3. The van der Waals surface area contributed by atoms with Crippen molar-refractivity contribution in [3.05, 3.63) is 41.7 Å². The van der Waals surface area contributed by atoms with Gasteiger partial charge in [-0.1, -0.05) is 23.7 Å². The lowest BCUT2D eigenvalue weighted by Gasteiger charge is -2.46. The quantitative estimate of drug-likeness (QED) is 0.572. The Morgan fingerprint density at radius 1 is 1.16 bits per heavy atom. The van der Waals surface area contributed by atoms with Crippen molar-refractivity contribution in [1.29, 1.82) is 0 Å². The highest BCUT2D eigenvalue weighted by Crippen LogP contribution is 2.43. The molecule has 2 aromatic heterocycles. The van der Waals surface area contributed by atoms with Crippen molar-refractivity contribution < 1.29 is 17.2 Å². The number of rotatable bonds is 5. The van der Waals surface area contributed by atoms with E-state index in [2.05, 4.69) is 15.1 Å². The van der Waals surface area contributed by atoms with E-state index in [1.54, 1.807) is 24.4 Å². The topological polar surface area (TPSA) is 84.2 Å². The largest absolute Gasteiger partial charge is 0.355 e. The lowest BCUT2D eigenvalue weighted by molar-refractivity contribution is 0.0936. The van der Waals surface area contributed by atoms with Gasteiger partial charge in [0.05, 0.1) is 17.4 Å². The number of fused-ring (bicyclic) bond motifs is 1. The van der Waals surface area contributed by atoms with E-state index in [1.165, 1.54) is 16.6 Å². The third kappa shape index (κ3) is 3.54. The number of alkyl halides is 2. The number of nitrogens with zero attached hydrogens (tertiary/aromatic N) is 6. The highest BCUT2D eigenvalue weighted by Gasteiger charge is 2.52. The van der Waals surface area contributed by atoms with E-state index < -0.39 is 23.0 Å². The van der Waals surface area contributed by atoms with Gasteiger partial charge in [0, 0.05) is 31.6 Å². The smallest absolute Gasteiger partial charge is 0.258 e. The van der Waals surface area contributed by atoms with Crippen LogP contribution in [0.4, 0.5) is 14.6 Å². The summed E-state index contributed by atoms with van der Waals surface area (Å²) in [6.07, 6.45) is 1.29. The Morgan fingerprint density at radius 3 is 2.68 bits per heavy atom. The van der Waals surface area contributed by atoms with Gasteiger partial charge in [-0.2, -0.15) is 9.40 Å². The van der Waals surface area contributed by atoms with Crippen LogP contribution in [0.25, 0.3) is 11.2 Å². The minimum Gasteiger partial charge on any atom is -0.355 e. The minimum atomic E-state index is -3.64. The summed E-state index contributed by atoms with van der Waals surface area (Å²) in [6.45, 7) is 1.56. The van der Waals surface area contributed by atoms with Crippen molar-refractivity contribution in [1.82, 2.24) is 24.1 Å². The molecule has 2 aliphatic heterocycles. The van der Waals surface area contributed by atoms with Crippen molar-refractivity contribution >= 4 is 38.6 Å². The molecule has 8 nitrogen and oxygen atoms in total. The number of anilines is 1. The van der Waals surface area contributed by atoms with Gasteiger partial charge in [-0.25, -0.2) is 31.8 Å². The van der Waals surface area contributed by atoms with Gasteiger partial charge in [0.25, 0.3) is 6.43 Å². The normalized spacial score (nSPS) is 18.9. The molecule has 0 amide bonds. The number of benzene rings is 1. The zero-order chi connectivity index (χ0) is 21.8. The standard InChI is InChI=1S/C19H19ClF2N6O2S/c20-13-3-1-2-4-15(13)31(29,30)27-11-19(12-27)5-6-26(10-19)17-8-23-14-7-24-28(9-16(21)22)18(14)25-17/h1-4,7-8,16H,5-6,9-12H2. The van der Waals surface area contributed by atoms with Gasteiger partial charge in [-0.05, 0) is 18.6 Å². The van der Waals surface area contributed by atoms with Crippen LogP contribution in [-0.2, 0) is 16.6 Å². The predicted octanol–water partition coefficient (Wildman–Crippen LogP) is 2.65. The molecular formula is C19H19ClF2N6O2S. The number of aromatic nitrogens is 4. The first-order chi connectivity index (χ1) is 14.8. The summed E-state index contributed by atoms with van der Waals surface area (Å²) in [4.78, 5) is 10.9. The molecule has 0 aliphatic carbocycles. The van der Waals surface area contributed by atoms with Gasteiger partial charge in [-0.3, -0.25) is 0 Å². The lowest BCUT2D eigenvalue weighted by atomic mass is 9.81. The molecule has 0 radical (unpaired) electrons. The maximum atomic E-state index is 12.9. The van der Waals surface area contributed by atoms with Crippen LogP contribution in [0.2, 0.25) is 5.02 Å². The van der Waals surface area contributed by atoms with E-state index >= 15 is 0 Å². The predicted molar refractivity (Wildman–Crippen MR) is 111 cm³/mol. The highest BCUT2D eigenvalue weighted by molar-refractivity contribution is 7.89. The Kier molecular flexibility index (Phi) is 4.87. The zero-order valence-electron chi connectivity index (χ0n) is 16.3. The average Bonchev–Trinajstić information content (AvgIpc) is 3.31. The van der Waals surface area contributed by atoms with Crippen molar-refractivity contribution in [3.63, 3.8) is 0 Å². The fourth-order valence-electron chi connectivity index (χ4n) is 4.31. The molecule has 2 saturated heterocycles. The summed E-state index contributed by atoms with van der Waals surface area (Å²) in [5, 5.41) is 4.15. The van der Waals surface area contributed by atoms with Crippen molar-refractivity contribution in [2.24, 2.45) is 5.41 Å². The molecule has 0 unspecified atom stereocenters. The molecule has 0 atom stereocenters. The summed E-state index contributed by atoms with van der Waals surface area (Å²) in [7, 11) is -3.64. The molecule has 3 aromatic rings. The van der Waals surface area contributed by atoms with E-state index in [4.69, 9.17) is 11.6 Å². The van der Waals surface area contributed by atoms with Crippen molar-refractivity contribution in [2.75, 3.05) is 31.1 Å². The summed E-state index contributed by atoms with van der Waals surface area (Å²) in [5.41, 5.74) is 0.600. The van der Waals surface area contributed by atoms with E-state index in [9.17, 15) is 17.2 Å². The molecule has 12 heteroatoms. The van der Waals surface area contributed by atoms with Crippen molar-refractivity contribution in [2.45, 2.75) is 24.3 Å². The van der Waals surface area contributed by atoms with Crippen LogP contribution in [0.15, 0.2) is 41.6 Å². The van der Waals surface area contributed by atoms with Gasteiger partial charge in [0.15, 0.2) is 5.65 Å². The molecule has 1 spiro atoms. The molecule has 31 heavy (non-hydrogen) atoms. The second-order valence-electron chi connectivity index (χ2n) is 8.03. The number of sulfonamides is 1. The zero-order valence-corrected chi connectivity index (χ0v) is 17.9. The van der Waals surface area contributed by atoms with Crippen LogP contribution in [-0.4, -0.2) is 65.1 Å². The third-order valence-corrected chi connectivity index (χ3v) is 8.18. The van der Waals surface area contributed by atoms with E-state index in [1.807, 2.05) is 4.90 Å². The van der Waals surface area contributed by atoms with Gasteiger partial charge in [-0.15, -0.1) is 0 Å². The number of hydrogen-bond acceptors (Lipinski definition) is 6. The first-order valence-electron chi connectivity index (χ1n) is 9.74. The Labute approximate surface area is 182 Å². The van der Waals surface area contributed by atoms with Crippen LogP contribution >= 0.6 is 11.6 Å². The molecule has 4 heterocycles. The first kappa shape index (κ1) is 20.5. The molecule has 1 aromatic carbocycles. The monoisotopic (exact) mass is 468 g/mol. The third-order valence-electron chi connectivity index (χ3n) is 5.88. The van der Waals surface area contributed by atoms with Crippen LogP contribution in [0, 0.1) is 5.41 Å². The summed E-state index contributed by atoms with van der Waals surface area (Å²) in [6, 6.07) is 6.42. The molecule has 0 bridgehead atoms. The lowest BCUT2D eigenvalue weighted by Crippen LogP contribution is -2.59. The van der Waals surface area contributed by atoms with Crippen LogP contribution in [0.1, 0.15) is 6.42 Å². The van der Waals surface area contributed by atoms with Gasteiger partial charge in [0.2, 0.25) is 10.0 Å². The van der Waals surface area contributed by atoms with Gasteiger partial charge >= 0.3 is 0 Å². The molecule has 5 rings (SSSR count). The highest BCUT2D eigenvalue weighted by atomic mass is 35.5. The number of hydrogen-bond donors (Lipinski definition) is 0. The van der Waals surface area contributed by atoms with Gasteiger partial charge in [0.1, 0.15) is 22.8 Å². The molecule has 2 aliphatic rings.